The van der Waals surface area contributed by atoms with Gasteiger partial charge in [0.15, 0.2) is 0 Å². The Hall–Kier alpha value is -3.58. The van der Waals surface area contributed by atoms with Crippen molar-refractivity contribution in [3.63, 3.8) is 0 Å². The van der Waals surface area contributed by atoms with Crippen molar-refractivity contribution in [2.75, 3.05) is 7.11 Å². The summed E-state index contributed by atoms with van der Waals surface area (Å²) in [7, 11) is 1.67. The summed E-state index contributed by atoms with van der Waals surface area (Å²) >= 11 is 1.48. The van der Waals surface area contributed by atoms with Gasteiger partial charge in [-0.05, 0) is 55.5 Å². The minimum Gasteiger partial charge on any atom is -0.497 e. The smallest absolute Gasteiger partial charge is 0.277 e. The first-order valence-corrected chi connectivity index (χ1v) is 10.8. The maximum atomic E-state index is 5.87. The van der Waals surface area contributed by atoms with Crippen molar-refractivity contribution in [1.29, 1.82) is 0 Å². The average Bonchev–Trinajstić information content (AvgIpc) is 3.43. The summed E-state index contributed by atoms with van der Waals surface area (Å²) in [5, 5.41) is 8.91. The fourth-order valence-electron chi connectivity index (χ4n) is 3.40. The summed E-state index contributed by atoms with van der Waals surface area (Å²) in [6.07, 6.45) is 0. The number of hydrogen-bond donors (Lipinski definition) is 0. The van der Waals surface area contributed by atoms with E-state index >= 15 is 0 Å². The van der Waals surface area contributed by atoms with Gasteiger partial charge in [0, 0.05) is 11.3 Å². The van der Waals surface area contributed by atoms with Gasteiger partial charge >= 0.3 is 0 Å². The van der Waals surface area contributed by atoms with Crippen LogP contribution in [0.1, 0.15) is 11.4 Å². The summed E-state index contributed by atoms with van der Waals surface area (Å²) in [6.45, 7) is 2.05. The summed E-state index contributed by atoms with van der Waals surface area (Å²) in [6, 6.07) is 24.1. The summed E-state index contributed by atoms with van der Waals surface area (Å²) in [5.74, 6) is 2.84. The second-order valence-corrected chi connectivity index (χ2v) is 8.00. The predicted octanol–water partition coefficient (Wildman–Crippen LogP) is 5.68. The minimum absolute atomic E-state index is 0.518. The predicted molar refractivity (Wildman–Crippen MR) is 122 cm³/mol. The molecule has 2 heterocycles. The van der Waals surface area contributed by atoms with E-state index in [1.807, 2.05) is 73.7 Å². The minimum atomic E-state index is 0.518. The molecule has 0 saturated heterocycles. The quantitative estimate of drug-likeness (QED) is 0.324. The van der Waals surface area contributed by atoms with Crippen molar-refractivity contribution in [3.8, 4) is 22.9 Å². The van der Waals surface area contributed by atoms with Crippen LogP contribution in [0.5, 0.6) is 5.75 Å². The molecule has 5 rings (SSSR count). The number of imidazole rings is 1. The van der Waals surface area contributed by atoms with Crippen LogP contribution < -0.4 is 4.74 Å². The molecule has 7 heteroatoms. The fourth-order valence-corrected chi connectivity index (χ4v) is 4.08. The van der Waals surface area contributed by atoms with Crippen LogP contribution in [0.15, 0.2) is 82.4 Å². The Morgan fingerprint density at radius 2 is 1.71 bits per heavy atom. The Balaban J connectivity index is 1.43. The van der Waals surface area contributed by atoms with E-state index in [0.29, 0.717) is 16.9 Å². The highest BCUT2D eigenvalue weighted by Gasteiger charge is 2.15. The van der Waals surface area contributed by atoms with E-state index in [1.54, 1.807) is 7.11 Å². The van der Waals surface area contributed by atoms with Gasteiger partial charge in [-0.3, -0.25) is 4.57 Å². The van der Waals surface area contributed by atoms with Gasteiger partial charge in [-0.25, -0.2) is 4.98 Å². The van der Waals surface area contributed by atoms with Crippen LogP contribution in [-0.2, 0) is 5.75 Å². The maximum absolute atomic E-state index is 5.87. The van der Waals surface area contributed by atoms with Gasteiger partial charge in [-0.15, -0.1) is 10.2 Å². The number of thioether (sulfide) groups is 1. The molecule has 0 spiro atoms. The van der Waals surface area contributed by atoms with E-state index in [-0.39, 0.29) is 0 Å². The molecule has 0 saturated carbocycles. The third-order valence-electron chi connectivity index (χ3n) is 4.99. The van der Waals surface area contributed by atoms with E-state index in [0.717, 1.165) is 33.9 Å². The molecule has 0 amide bonds. The van der Waals surface area contributed by atoms with Gasteiger partial charge in [0.25, 0.3) is 5.22 Å². The molecular weight excluding hydrogens is 408 g/mol. The number of aryl methyl sites for hydroxylation is 1. The van der Waals surface area contributed by atoms with E-state index in [1.165, 1.54) is 17.3 Å². The molecule has 0 unspecified atom stereocenters. The van der Waals surface area contributed by atoms with Crippen LogP contribution >= 0.6 is 11.8 Å². The topological polar surface area (TPSA) is 66.0 Å². The third-order valence-corrected chi connectivity index (χ3v) is 5.81. The Labute approximate surface area is 183 Å². The average molecular weight is 429 g/mol. The standard InChI is InChI=1S/C24H20N4O2S/c1-16-7-9-17(10-8-16)23-26-27-24(30-23)31-15-22-25-20-5-3-4-6-21(20)28(22)18-11-13-19(29-2)14-12-18/h3-14H,15H2,1-2H3. The zero-order chi connectivity index (χ0) is 21.2. The molecular formula is C24H20N4O2S. The van der Waals surface area contributed by atoms with E-state index in [4.69, 9.17) is 14.1 Å². The molecule has 0 aliphatic rings. The lowest BCUT2D eigenvalue weighted by Gasteiger charge is -2.09. The number of methoxy groups -OCH3 is 1. The van der Waals surface area contributed by atoms with Crippen molar-refractivity contribution < 1.29 is 9.15 Å². The fraction of sp³-hybridized carbons (Fsp3) is 0.125. The number of para-hydroxylation sites is 2. The van der Waals surface area contributed by atoms with Crippen LogP contribution in [0.2, 0.25) is 0 Å². The zero-order valence-electron chi connectivity index (χ0n) is 17.1. The highest BCUT2D eigenvalue weighted by molar-refractivity contribution is 7.98. The summed E-state index contributed by atoms with van der Waals surface area (Å²) in [5.41, 5.74) is 5.12. The van der Waals surface area contributed by atoms with Gasteiger partial charge in [-0.2, -0.15) is 0 Å². The molecule has 0 aliphatic carbocycles. The Morgan fingerprint density at radius 1 is 0.935 bits per heavy atom. The third kappa shape index (κ3) is 3.92. The number of fused-ring (bicyclic) bond motifs is 1. The molecule has 31 heavy (non-hydrogen) atoms. The van der Waals surface area contributed by atoms with Crippen LogP contribution in [0.4, 0.5) is 0 Å². The first-order chi connectivity index (χ1) is 15.2. The van der Waals surface area contributed by atoms with Gasteiger partial charge in [0.1, 0.15) is 11.6 Å². The van der Waals surface area contributed by atoms with Gasteiger partial charge < -0.3 is 9.15 Å². The van der Waals surface area contributed by atoms with Gasteiger partial charge in [0.05, 0.1) is 23.9 Å². The lowest BCUT2D eigenvalue weighted by atomic mass is 10.1. The number of aromatic nitrogens is 4. The molecule has 2 aromatic heterocycles. The van der Waals surface area contributed by atoms with E-state index in [2.05, 4.69) is 20.8 Å². The van der Waals surface area contributed by atoms with Gasteiger partial charge in [0.2, 0.25) is 5.89 Å². The second-order valence-electron chi connectivity index (χ2n) is 7.08. The molecule has 0 aliphatic heterocycles. The Kier molecular flexibility index (Phi) is 5.18. The first kappa shape index (κ1) is 19.4. The molecule has 0 radical (unpaired) electrons. The Morgan fingerprint density at radius 3 is 2.48 bits per heavy atom. The van der Waals surface area contributed by atoms with Crippen LogP contribution in [0.3, 0.4) is 0 Å². The van der Waals surface area contributed by atoms with Gasteiger partial charge in [-0.1, -0.05) is 41.6 Å². The molecule has 0 N–H and O–H groups in total. The number of rotatable bonds is 6. The summed E-state index contributed by atoms with van der Waals surface area (Å²) < 4.78 is 13.3. The first-order valence-electron chi connectivity index (χ1n) is 9.85. The van der Waals surface area contributed by atoms with Crippen molar-refractivity contribution in [1.82, 2.24) is 19.7 Å². The molecule has 0 atom stereocenters. The van der Waals surface area contributed by atoms with Crippen LogP contribution in [-0.4, -0.2) is 26.9 Å². The normalized spacial score (nSPS) is 11.2. The van der Waals surface area contributed by atoms with Crippen molar-refractivity contribution >= 4 is 22.8 Å². The largest absolute Gasteiger partial charge is 0.497 e. The molecule has 0 fully saturated rings. The highest BCUT2D eigenvalue weighted by atomic mass is 32.2. The number of ether oxygens (including phenoxy) is 1. The molecule has 154 valence electrons. The number of nitrogens with zero attached hydrogens (tertiary/aromatic N) is 4. The van der Waals surface area contributed by atoms with Crippen LogP contribution in [0.25, 0.3) is 28.2 Å². The van der Waals surface area contributed by atoms with E-state index < -0.39 is 0 Å². The maximum Gasteiger partial charge on any atom is 0.277 e. The molecule has 3 aromatic carbocycles. The lowest BCUT2D eigenvalue weighted by Crippen LogP contribution is -2.00. The monoisotopic (exact) mass is 428 g/mol. The molecule has 5 aromatic rings. The van der Waals surface area contributed by atoms with Crippen molar-refractivity contribution in [2.24, 2.45) is 0 Å². The summed E-state index contributed by atoms with van der Waals surface area (Å²) in [4.78, 5) is 4.84. The van der Waals surface area contributed by atoms with Crippen LogP contribution in [0, 0.1) is 6.92 Å². The number of hydrogen-bond acceptors (Lipinski definition) is 6. The van der Waals surface area contributed by atoms with Crippen molar-refractivity contribution in [3.05, 3.63) is 84.2 Å². The Bertz CT molecular complexity index is 1320. The SMILES string of the molecule is COc1ccc(-n2c(CSc3nnc(-c4ccc(C)cc4)o3)nc3ccccc32)cc1. The number of benzene rings is 3. The molecule has 6 nitrogen and oxygen atoms in total. The van der Waals surface area contributed by atoms with E-state index in [9.17, 15) is 0 Å². The zero-order valence-corrected chi connectivity index (χ0v) is 18.0. The van der Waals surface area contributed by atoms with Crippen molar-refractivity contribution in [2.45, 2.75) is 17.9 Å². The molecule has 0 bridgehead atoms. The highest BCUT2D eigenvalue weighted by Crippen LogP contribution is 2.29. The lowest BCUT2D eigenvalue weighted by molar-refractivity contribution is 0.414. The second kappa shape index (κ2) is 8.28.